The summed E-state index contributed by atoms with van der Waals surface area (Å²) in [4.78, 5) is 14.9. The summed E-state index contributed by atoms with van der Waals surface area (Å²) in [5, 5.41) is 3.00. The highest BCUT2D eigenvalue weighted by Gasteiger charge is 2.26. The number of nitrogens with one attached hydrogen (secondary N) is 1. The Hall–Kier alpha value is -2.49. The van der Waals surface area contributed by atoms with E-state index in [-0.39, 0.29) is 11.9 Å². The monoisotopic (exact) mass is 324 g/mol. The summed E-state index contributed by atoms with van der Waals surface area (Å²) in [6.45, 7) is 4.98. The lowest BCUT2D eigenvalue weighted by molar-refractivity contribution is -0.117. The number of benzene rings is 2. The molecule has 3 rings (SSSR count). The predicted octanol–water partition coefficient (Wildman–Crippen LogP) is 3.78. The molecule has 0 bridgehead atoms. The number of aryl methyl sites for hydroxylation is 2. The van der Waals surface area contributed by atoms with Crippen molar-refractivity contribution >= 4 is 17.3 Å². The van der Waals surface area contributed by atoms with Crippen molar-refractivity contribution in [1.29, 1.82) is 0 Å². The lowest BCUT2D eigenvalue weighted by Crippen LogP contribution is -2.44. The minimum atomic E-state index is -0.224. The van der Waals surface area contributed by atoms with Crippen LogP contribution in [-0.4, -0.2) is 25.6 Å². The molecule has 1 amide bonds. The van der Waals surface area contributed by atoms with Crippen LogP contribution in [0.15, 0.2) is 42.5 Å². The van der Waals surface area contributed by atoms with Crippen LogP contribution in [0.2, 0.25) is 0 Å². The molecular formula is C20H24N2O2. The van der Waals surface area contributed by atoms with E-state index >= 15 is 0 Å². The molecule has 0 spiro atoms. The molecule has 0 radical (unpaired) electrons. The highest BCUT2D eigenvalue weighted by molar-refractivity contribution is 5.97. The van der Waals surface area contributed by atoms with Crippen molar-refractivity contribution in [3.05, 3.63) is 53.6 Å². The van der Waals surface area contributed by atoms with Gasteiger partial charge in [0.2, 0.25) is 5.91 Å². The van der Waals surface area contributed by atoms with Crippen LogP contribution < -0.4 is 15.0 Å². The first-order chi connectivity index (χ1) is 11.6. The number of ether oxygens (including phenoxy) is 1. The van der Waals surface area contributed by atoms with Crippen molar-refractivity contribution in [2.75, 3.05) is 23.9 Å². The Labute approximate surface area is 143 Å². The van der Waals surface area contributed by atoms with Crippen molar-refractivity contribution < 1.29 is 9.53 Å². The quantitative estimate of drug-likeness (QED) is 0.930. The maximum atomic E-state index is 12.7. The maximum Gasteiger partial charge on any atom is 0.246 e. The summed E-state index contributed by atoms with van der Waals surface area (Å²) in [6, 6.07) is 13.7. The number of nitrogens with zero attached hydrogens (tertiary/aromatic N) is 1. The minimum Gasteiger partial charge on any atom is -0.497 e. The average molecular weight is 324 g/mol. The zero-order chi connectivity index (χ0) is 17.1. The SMILES string of the molecule is COc1cccc(NC(=O)[C@H](C)N2CCCc3cc(C)ccc32)c1. The van der Waals surface area contributed by atoms with Gasteiger partial charge in [0.05, 0.1) is 7.11 Å². The van der Waals surface area contributed by atoms with Gasteiger partial charge in [0, 0.05) is 24.0 Å². The first-order valence-corrected chi connectivity index (χ1v) is 8.39. The van der Waals surface area contributed by atoms with Crippen molar-refractivity contribution in [1.82, 2.24) is 0 Å². The highest BCUT2D eigenvalue weighted by Crippen LogP contribution is 2.30. The normalized spacial score (nSPS) is 14.7. The van der Waals surface area contributed by atoms with Crippen LogP contribution in [0, 0.1) is 6.92 Å². The standard InChI is InChI=1S/C20H24N2O2/c1-14-9-10-19-16(12-14)6-5-11-22(19)15(2)20(23)21-17-7-4-8-18(13-17)24-3/h4,7-10,12-13,15H,5-6,11H2,1-3H3,(H,21,23)/t15-/m0/s1. The predicted molar refractivity (Wildman–Crippen MR) is 97.9 cm³/mol. The largest absolute Gasteiger partial charge is 0.497 e. The second kappa shape index (κ2) is 6.95. The molecule has 4 heteroatoms. The van der Waals surface area contributed by atoms with Gasteiger partial charge in [-0.3, -0.25) is 4.79 Å². The van der Waals surface area contributed by atoms with Crippen molar-refractivity contribution in [3.63, 3.8) is 0 Å². The Morgan fingerprint density at radius 3 is 2.88 bits per heavy atom. The lowest BCUT2D eigenvalue weighted by atomic mass is 9.98. The van der Waals surface area contributed by atoms with Crippen molar-refractivity contribution in [2.45, 2.75) is 32.7 Å². The van der Waals surface area contributed by atoms with Gasteiger partial charge in [-0.1, -0.05) is 23.8 Å². The highest BCUT2D eigenvalue weighted by atomic mass is 16.5. The van der Waals surface area contributed by atoms with Crippen LogP contribution >= 0.6 is 0 Å². The molecule has 2 aromatic carbocycles. The second-order valence-electron chi connectivity index (χ2n) is 6.33. The van der Waals surface area contributed by atoms with Crippen LogP contribution in [0.3, 0.4) is 0 Å². The molecular weight excluding hydrogens is 300 g/mol. The van der Waals surface area contributed by atoms with E-state index in [0.29, 0.717) is 0 Å². The smallest absolute Gasteiger partial charge is 0.246 e. The van der Waals surface area contributed by atoms with E-state index < -0.39 is 0 Å². The number of methoxy groups -OCH3 is 1. The van der Waals surface area contributed by atoms with E-state index in [0.717, 1.165) is 30.8 Å². The molecule has 1 aliphatic heterocycles. The average Bonchev–Trinajstić information content (AvgIpc) is 2.60. The first-order valence-electron chi connectivity index (χ1n) is 8.39. The summed E-state index contributed by atoms with van der Waals surface area (Å²) in [5.41, 5.74) is 4.54. The lowest BCUT2D eigenvalue weighted by Gasteiger charge is -2.35. The fourth-order valence-electron chi connectivity index (χ4n) is 3.25. The third kappa shape index (κ3) is 3.37. The fourth-order valence-corrected chi connectivity index (χ4v) is 3.25. The van der Waals surface area contributed by atoms with E-state index in [2.05, 4.69) is 35.3 Å². The molecule has 1 N–H and O–H groups in total. The molecule has 1 heterocycles. The summed E-state index contributed by atoms with van der Waals surface area (Å²) in [6.07, 6.45) is 2.16. The number of anilines is 2. The van der Waals surface area contributed by atoms with E-state index in [9.17, 15) is 4.79 Å². The fraction of sp³-hybridized carbons (Fsp3) is 0.350. The molecule has 0 aliphatic carbocycles. The zero-order valence-electron chi connectivity index (χ0n) is 14.5. The maximum absolute atomic E-state index is 12.7. The molecule has 0 fully saturated rings. The summed E-state index contributed by atoms with van der Waals surface area (Å²) in [7, 11) is 1.62. The molecule has 0 aromatic heterocycles. The number of fused-ring (bicyclic) bond motifs is 1. The number of hydrogen-bond donors (Lipinski definition) is 1. The molecule has 0 saturated heterocycles. The molecule has 24 heavy (non-hydrogen) atoms. The second-order valence-corrected chi connectivity index (χ2v) is 6.33. The molecule has 4 nitrogen and oxygen atoms in total. The van der Waals surface area contributed by atoms with Gasteiger partial charge < -0.3 is 15.0 Å². The Balaban J connectivity index is 1.77. The van der Waals surface area contributed by atoms with Crippen molar-refractivity contribution in [2.24, 2.45) is 0 Å². The summed E-state index contributed by atoms with van der Waals surface area (Å²) in [5.74, 6) is 0.732. The first kappa shape index (κ1) is 16.4. The third-order valence-corrected chi connectivity index (χ3v) is 4.57. The topological polar surface area (TPSA) is 41.6 Å². The number of carbonyl (C=O) groups is 1. The van der Waals surface area contributed by atoms with Gasteiger partial charge in [-0.15, -0.1) is 0 Å². The van der Waals surface area contributed by atoms with Crippen LogP contribution in [0.4, 0.5) is 11.4 Å². The van der Waals surface area contributed by atoms with Gasteiger partial charge in [0.25, 0.3) is 0 Å². The van der Waals surface area contributed by atoms with Gasteiger partial charge in [0.15, 0.2) is 0 Å². The third-order valence-electron chi connectivity index (χ3n) is 4.57. The Bertz CT molecular complexity index is 742. The molecule has 1 aliphatic rings. The Morgan fingerprint density at radius 2 is 2.08 bits per heavy atom. The van der Waals surface area contributed by atoms with Gasteiger partial charge in [-0.2, -0.15) is 0 Å². The summed E-state index contributed by atoms with van der Waals surface area (Å²) >= 11 is 0. The van der Waals surface area contributed by atoms with Crippen LogP contribution in [0.1, 0.15) is 24.5 Å². The Morgan fingerprint density at radius 1 is 1.25 bits per heavy atom. The van der Waals surface area contributed by atoms with E-state index in [1.807, 2.05) is 31.2 Å². The molecule has 126 valence electrons. The molecule has 0 saturated carbocycles. The van der Waals surface area contributed by atoms with Crippen LogP contribution in [0.5, 0.6) is 5.75 Å². The van der Waals surface area contributed by atoms with E-state index in [4.69, 9.17) is 4.74 Å². The van der Waals surface area contributed by atoms with Gasteiger partial charge >= 0.3 is 0 Å². The van der Waals surface area contributed by atoms with Gasteiger partial charge in [-0.25, -0.2) is 0 Å². The van der Waals surface area contributed by atoms with Gasteiger partial charge in [-0.05, 0) is 50.5 Å². The summed E-state index contributed by atoms with van der Waals surface area (Å²) < 4.78 is 5.21. The number of amides is 1. The number of rotatable bonds is 4. The molecule has 1 atom stereocenters. The Kier molecular flexibility index (Phi) is 4.74. The van der Waals surface area contributed by atoms with Crippen LogP contribution in [0.25, 0.3) is 0 Å². The molecule has 0 unspecified atom stereocenters. The number of hydrogen-bond acceptors (Lipinski definition) is 3. The number of carbonyl (C=O) groups excluding carboxylic acids is 1. The van der Waals surface area contributed by atoms with Gasteiger partial charge in [0.1, 0.15) is 11.8 Å². The van der Waals surface area contributed by atoms with Crippen molar-refractivity contribution in [3.8, 4) is 5.75 Å². The molecule has 2 aromatic rings. The van der Waals surface area contributed by atoms with E-state index in [1.54, 1.807) is 7.11 Å². The van der Waals surface area contributed by atoms with E-state index in [1.165, 1.54) is 16.8 Å². The minimum absolute atomic E-state index is 0.00308. The zero-order valence-corrected chi connectivity index (χ0v) is 14.5. The van der Waals surface area contributed by atoms with Crippen LogP contribution in [-0.2, 0) is 11.2 Å².